The van der Waals surface area contributed by atoms with Gasteiger partial charge in [-0.05, 0) is 44.0 Å². The fourth-order valence-corrected chi connectivity index (χ4v) is 4.96. The summed E-state index contributed by atoms with van der Waals surface area (Å²) < 4.78 is 2.12. The molecule has 2 aliphatic rings. The zero-order valence-corrected chi connectivity index (χ0v) is 18.5. The van der Waals surface area contributed by atoms with Crippen LogP contribution in [0.5, 0.6) is 0 Å². The van der Waals surface area contributed by atoms with Gasteiger partial charge in [0.15, 0.2) is 5.16 Å². The van der Waals surface area contributed by atoms with Crippen molar-refractivity contribution in [1.29, 1.82) is 0 Å². The number of carbonyl (C=O) groups is 2. The summed E-state index contributed by atoms with van der Waals surface area (Å²) in [6, 6.07) is 16.4. The fraction of sp³-hybridized carbons (Fsp3) is 0.375. The number of aromatic nitrogens is 2. The molecule has 2 aromatic carbocycles. The van der Waals surface area contributed by atoms with Crippen molar-refractivity contribution in [2.75, 3.05) is 31.9 Å². The highest BCUT2D eigenvalue weighted by Crippen LogP contribution is 2.31. The van der Waals surface area contributed by atoms with E-state index in [1.54, 1.807) is 0 Å². The molecule has 2 fully saturated rings. The maximum atomic E-state index is 12.9. The van der Waals surface area contributed by atoms with Crippen LogP contribution in [-0.2, 0) is 9.59 Å². The molecular formula is C24H26N4O2S. The molecule has 6 nitrogen and oxygen atoms in total. The molecule has 0 spiro atoms. The molecule has 1 aliphatic heterocycles. The largest absolute Gasteiger partial charge is 0.339 e. The number of benzene rings is 2. The van der Waals surface area contributed by atoms with Gasteiger partial charge in [-0.3, -0.25) is 14.2 Å². The fourth-order valence-electron chi connectivity index (χ4n) is 4.03. The molecule has 1 aromatic heterocycles. The Kier molecular flexibility index (Phi) is 5.44. The van der Waals surface area contributed by atoms with E-state index in [-0.39, 0.29) is 17.7 Å². The van der Waals surface area contributed by atoms with Gasteiger partial charge in [0.25, 0.3) is 0 Å². The van der Waals surface area contributed by atoms with Crippen LogP contribution in [0.25, 0.3) is 16.7 Å². The molecule has 0 radical (unpaired) electrons. The second kappa shape index (κ2) is 8.38. The van der Waals surface area contributed by atoms with E-state index >= 15 is 0 Å². The molecule has 5 rings (SSSR count). The van der Waals surface area contributed by atoms with Gasteiger partial charge < -0.3 is 9.80 Å². The zero-order chi connectivity index (χ0) is 21.4. The van der Waals surface area contributed by atoms with Crippen LogP contribution in [0.3, 0.4) is 0 Å². The van der Waals surface area contributed by atoms with E-state index in [0.717, 1.165) is 34.7 Å². The molecule has 1 saturated heterocycles. The van der Waals surface area contributed by atoms with Gasteiger partial charge in [-0.25, -0.2) is 4.98 Å². The number of hydrogen-bond acceptors (Lipinski definition) is 4. The Balaban J connectivity index is 1.28. The number of imidazole rings is 1. The van der Waals surface area contributed by atoms with Crippen molar-refractivity contribution in [3.8, 4) is 5.69 Å². The van der Waals surface area contributed by atoms with Crippen molar-refractivity contribution in [2.45, 2.75) is 24.9 Å². The van der Waals surface area contributed by atoms with Gasteiger partial charge in [-0.1, -0.05) is 41.6 Å². The van der Waals surface area contributed by atoms with Gasteiger partial charge in [0.05, 0.1) is 16.8 Å². The van der Waals surface area contributed by atoms with Crippen LogP contribution in [0.15, 0.2) is 53.7 Å². The van der Waals surface area contributed by atoms with Crippen LogP contribution < -0.4 is 0 Å². The monoisotopic (exact) mass is 434 g/mol. The van der Waals surface area contributed by atoms with E-state index in [9.17, 15) is 9.59 Å². The quantitative estimate of drug-likeness (QED) is 0.577. The summed E-state index contributed by atoms with van der Waals surface area (Å²) in [5.41, 5.74) is 4.21. The maximum absolute atomic E-state index is 12.9. The minimum atomic E-state index is 0.103. The zero-order valence-electron chi connectivity index (χ0n) is 17.7. The third kappa shape index (κ3) is 4.19. The highest BCUT2D eigenvalue weighted by Gasteiger charge is 2.35. The highest BCUT2D eigenvalue weighted by atomic mass is 32.2. The first kappa shape index (κ1) is 20.1. The van der Waals surface area contributed by atoms with Gasteiger partial charge in [0.1, 0.15) is 0 Å². The number of nitrogens with zero attached hydrogens (tertiary/aromatic N) is 4. The molecule has 0 bridgehead atoms. The Morgan fingerprint density at radius 2 is 1.65 bits per heavy atom. The van der Waals surface area contributed by atoms with Crippen molar-refractivity contribution in [1.82, 2.24) is 19.4 Å². The number of thioether (sulfide) groups is 1. The number of fused-ring (bicyclic) bond motifs is 1. The lowest BCUT2D eigenvalue weighted by atomic mass is 10.2. The Hall–Kier alpha value is -2.80. The summed E-state index contributed by atoms with van der Waals surface area (Å²) in [6.45, 7) is 4.60. The smallest absolute Gasteiger partial charge is 0.233 e. The molecular weight excluding hydrogens is 408 g/mol. The molecule has 160 valence electrons. The molecule has 0 N–H and O–H groups in total. The molecule has 0 atom stereocenters. The van der Waals surface area contributed by atoms with E-state index in [1.807, 2.05) is 28.0 Å². The van der Waals surface area contributed by atoms with Crippen molar-refractivity contribution < 1.29 is 9.59 Å². The third-order valence-electron chi connectivity index (χ3n) is 6.02. The Morgan fingerprint density at radius 1 is 0.968 bits per heavy atom. The molecule has 1 saturated carbocycles. The molecule has 0 unspecified atom stereocenters. The van der Waals surface area contributed by atoms with E-state index in [2.05, 4.69) is 41.8 Å². The number of piperazine rings is 1. The predicted octanol–water partition coefficient (Wildman–Crippen LogP) is 3.51. The number of hydrogen-bond donors (Lipinski definition) is 0. The first-order valence-electron chi connectivity index (χ1n) is 10.8. The van der Waals surface area contributed by atoms with Crippen molar-refractivity contribution in [3.63, 3.8) is 0 Å². The summed E-state index contributed by atoms with van der Waals surface area (Å²) in [7, 11) is 0. The van der Waals surface area contributed by atoms with Crippen LogP contribution in [0.2, 0.25) is 0 Å². The average molecular weight is 435 g/mol. The number of para-hydroxylation sites is 2. The van der Waals surface area contributed by atoms with Gasteiger partial charge in [-0.15, -0.1) is 0 Å². The van der Waals surface area contributed by atoms with E-state index < -0.39 is 0 Å². The summed E-state index contributed by atoms with van der Waals surface area (Å²) in [4.78, 5) is 33.7. The molecule has 31 heavy (non-hydrogen) atoms. The van der Waals surface area contributed by atoms with Crippen LogP contribution in [0.4, 0.5) is 0 Å². The SMILES string of the molecule is Cc1ccc(-n2c(SCC(=O)N3CCN(C(=O)C4CC4)CC3)nc3ccccc32)cc1. The molecule has 7 heteroatoms. The predicted molar refractivity (Wildman–Crippen MR) is 122 cm³/mol. The van der Waals surface area contributed by atoms with E-state index in [1.165, 1.54) is 17.3 Å². The number of rotatable bonds is 5. The highest BCUT2D eigenvalue weighted by molar-refractivity contribution is 7.99. The molecule has 1 aliphatic carbocycles. The minimum Gasteiger partial charge on any atom is -0.339 e. The average Bonchev–Trinajstić information content (AvgIpc) is 3.58. The summed E-state index contributed by atoms with van der Waals surface area (Å²) >= 11 is 1.48. The third-order valence-corrected chi connectivity index (χ3v) is 6.94. The molecule has 3 aromatic rings. The number of aryl methyl sites for hydroxylation is 1. The maximum Gasteiger partial charge on any atom is 0.233 e. The van der Waals surface area contributed by atoms with E-state index in [0.29, 0.717) is 31.9 Å². The summed E-state index contributed by atoms with van der Waals surface area (Å²) in [5, 5.41) is 0.820. The molecule has 2 heterocycles. The van der Waals surface area contributed by atoms with Gasteiger partial charge in [0, 0.05) is 37.8 Å². The van der Waals surface area contributed by atoms with Gasteiger partial charge in [0.2, 0.25) is 11.8 Å². The standard InChI is InChI=1S/C24H26N4O2S/c1-17-6-10-19(11-7-17)28-21-5-3-2-4-20(21)25-24(28)31-16-22(29)26-12-14-27(15-13-26)23(30)18-8-9-18/h2-7,10-11,18H,8-9,12-16H2,1H3. The summed E-state index contributed by atoms with van der Waals surface area (Å²) in [6.07, 6.45) is 2.05. The van der Waals surface area contributed by atoms with Crippen LogP contribution in [-0.4, -0.2) is 63.1 Å². The van der Waals surface area contributed by atoms with Gasteiger partial charge in [-0.2, -0.15) is 0 Å². The normalized spacial score (nSPS) is 16.7. The van der Waals surface area contributed by atoms with Crippen molar-refractivity contribution >= 4 is 34.6 Å². The Morgan fingerprint density at radius 3 is 2.35 bits per heavy atom. The van der Waals surface area contributed by atoms with Crippen molar-refractivity contribution in [3.05, 3.63) is 54.1 Å². The number of amides is 2. The number of carbonyl (C=O) groups excluding carboxylic acids is 2. The Labute approximate surface area is 186 Å². The topological polar surface area (TPSA) is 58.4 Å². The first-order chi connectivity index (χ1) is 15.1. The first-order valence-corrected chi connectivity index (χ1v) is 11.8. The lowest BCUT2D eigenvalue weighted by Crippen LogP contribution is -2.51. The Bertz CT molecular complexity index is 1110. The minimum absolute atomic E-state index is 0.103. The lowest BCUT2D eigenvalue weighted by molar-refractivity contribution is -0.139. The second-order valence-electron chi connectivity index (χ2n) is 8.32. The summed E-state index contributed by atoms with van der Waals surface area (Å²) in [5.74, 6) is 0.957. The van der Waals surface area contributed by atoms with E-state index in [4.69, 9.17) is 4.98 Å². The lowest BCUT2D eigenvalue weighted by Gasteiger charge is -2.34. The molecule has 2 amide bonds. The van der Waals surface area contributed by atoms with Crippen molar-refractivity contribution in [2.24, 2.45) is 5.92 Å². The van der Waals surface area contributed by atoms with Gasteiger partial charge >= 0.3 is 0 Å². The van der Waals surface area contributed by atoms with Crippen LogP contribution >= 0.6 is 11.8 Å². The van der Waals surface area contributed by atoms with Crippen LogP contribution in [0, 0.1) is 12.8 Å². The second-order valence-corrected chi connectivity index (χ2v) is 9.27. The van der Waals surface area contributed by atoms with Crippen LogP contribution in [0.1, 0.15) is 18.4 Å².